The van der Waals surface area contributed by atoms with Crippen molar-refractivity contribution in [3.8, 4) is 0 Å². The van der Waals surface area contributed by atoms with Crippen LogP contribution in [0.25, 0.3) is 0 Å². The van der Waals surface area contributed by atoms with Crippen molar-refractivity contribution >= 4 is 34.8 Å². The van der Waals surface area contributed by atoms with Crippen LogP contribution in [0.5, 0.6) is 0 Å². The number of aliphatic imine (C=N–C) groups is 1. The third-order valence-corrected chi connectivity index (χ3v) is 2.53. The molecule has 1 saturated heterocycles. The first-order chi connectivity index (χ1) is 8.15. The number of carbonyl (C=O) groups is 1. The van der Waals surface area contributed by atoms with E-state index in [4.69, 9.17) is 11.6 Å². The fraction of sp³-hybridized carbons (Fsp3) is 0.273. The fourth-order valence-corrected chi connectivity index (χ4v) is 1.66. The first-order valence-corrected chi connectivity index (χ1v) is 5.66. The van der Waals surface area contributed by atoms with E-state index in [2.05, 4.69) is 20.9 Å². The molecule has 1 aromatic carbocycles. The average Bonchev–Trinajstić information content (AvgIpc) is 2.75. The normalized spacial score (nSPS) is 13.9. The van der Waals surface area contributed by atoms with Crippen LogP contribution >= 0.6 is 11.6 Å². The molecule has 0 bridgehead atoms. The van der Waals surface area contributed by atoms with E-state index in [1.165, 1.54) is 6.92 Å². The van der Waals surface area contributed by atoms with E-state index in [1.807, 2.05) is 0 Å². The van der Waals surface area contributed by atoms with Gasteiger partial charge in [0, 0.05) is 25.7 Å². The number of rotatable bonds is 2. The van der Waals surface area contributed by atoms with Gasteiger partial charge >= 0.3 is 0 Å². The summed E-state index contributed by atoms with van der Waals surface area (Å²) < 4.78 is 0. The molecule has 1 amide bonds. The summed E-state index contributed by atoms with van der Waals surface area (Å²) in [5.74, 6) is 0.579. The second-order valence-corrected chi connectivity index (χ2v) is 4.07. The molecule has 1 aliphatic rings. The van der Waals surface area contributed by atoms with Crippen LogP contribution < -0.4 is 16.0 Å². The molecule has 0 radical (unpaired) electrons. The Morgan fingerprint density at radius 1 is 1.41 bits per heavy atom. The molecule has 5 nitrogen and oxygen atoms in total. The third-order valence-electron chi connectivity index (χ3n) is 2.21. The molecule has 0 unspecified atom stereocenters. The Bertz CT molecular complexity index is 465. The van der Waals surface area contributed by atoms with E-state index in [0.717, 1.165) is 13.1 Å². The second-order valence-electron chi connectivity index (χ2n) is 3.66. The lowest BCUT2D eigenvalue weighted by Gasteiger charge is -2.05. The minimum atomic E-state index is -0.122. The van der Waals surface area contributed by atoms with Gasteiger partial charge in [-0.25, -0.2) is 4.99 Å². The Balaban J connectivity index is 2.25. The molecule has 1 fully saturated rings. The predicted octanol–water partition coefficient (Wildman–Crippen LogP) is 1.48. The zero-order valence-corrected chi connectivity index (χ0v) is 10.1. The predicted molar refractivity (Wildman–Crippen MR) is 68.9 cm³/mol. The average molecular weight is 253 g/mol. The molecule has 6 heteroatoms. The minimum Gasteiger partial charge on any atom is -0.354 e. The molecule has 0 aliphatic carbocycles. The summed E-state index contributed by atoms with van der Waals surface area (Å²) in [6.45, 7) is 3.16. The molecule has 1 heterocycles. The Labute approximate surface area is 104 Å². The van der Waals surface area contributed by atoms with Gasteiger partial charge in [-0.2, -0.15) is 0 Å². The smallest absolute Gasteiger partial charge is 0.221 e. The summed E-state index contributed by atoms with van der Waals surface area (Å²) in [7, 11) is 0. The molecule has 17 heavy (non-hydrogen) atoms. The number of nitrogens with zero attached hydrogens (tertiary/aromatic N) is 1. The standard InChI is InChI=1S/C11H13ClN4O/c1-7(17)15-8-2-3-9(12)10(6-8)16-11-13-4-5-14-11/h2-3,6H,4-5H2,1H3,(H,15,17)(H2,13,14,16). The number of carbonyl (C=O) groups excluding carboxylic acids is 1. The number of benzene rings is 1. The molecule has 0 spiro atoms. The molecule has 90 valence electrons. The molecule has 1 aromatic rings. The quantitative estimate of drug-likeness (QED) is 0.747. The molecule has 0 atom stereocenters. The number of anilines is 1. The largest absolute Gasteiger partial charge is 0.354 e. The van der Waals surface area contributed by atoms with E-state index in [1.54, 1.807) is 18.2 Å². The zero-order chi connectivity index (χ0) is 12.3. The van der Waals surface area contributed by atoms with Gasteiger partial charge in [0.15, 0.2) is 5.96 Å². The van der Waals surface area contributed by atoms with Crippen molar-refractivity contribution in [1.29, 1.82) is 0 Å². The maximum atomic E-state index is 10.9. The van der Waals surface area contributed by atoms with Gasteiger partial charge < -0.3 is 16.0 Å². The van der Waals surface area contributed by atoms with Crippen LogP contribution in [0.2, 0.25) is 5.02 Å². The monoisotopic (exact) mass is 252 g/mol. The molecular formula is C11H13ClN4O. The van der Waals surface area contributed by atoms with Gasteiger partial charge in [0.25, 0.3) is 0 Å². The Morgan fingerprint density at radius 3 is 2.76 bits per heavy atom. The fourth-order valence-electron chi connectivity index (χ4n) is 1.50. The number of nitrogens with one attached hydrogen (secondary N) is 3. The van der Waals surface area contributed by atoms with Crippen LogP contribution in [0.1, 0.15) is 6.92 Å². The highest BCUT2D eigenvalue weighted by atomic mass is 35.5. The van der Waals surface area contributed by atoms with E-state index in [0.29, 0.717) is 22.4 Å². The van der Waals surface area contributed by atoms with E-state index < -0.39 is 0 Å². The molecule has 0 saturated carbocycles. The van der Waals surface area contributed by atoms with E-state index >= 15 is 0 Å². The first kappa shape index (κ1) is 11.7. The highest BCUT2D eigenvalue weighted by Crippen LogP contribution is 2.28. The Hall–Kier alpha value is -1.75. The lowest BCUT2D eigenvalue weighted by atomic mass is 10.3. The van der Waals surface area contributed by atoms with Gasteiger partial charge in [-0.3, -0.25) is 4.79 Å². The van der Waals surface area contributed by atoms with Crippen molar-refractivity contribution in [2.45, 2.75) is 6.92 Å². The highest BCUT2D eigenvalue weighted by Gasteiger charge is 2.07. The molecule has 3 N–H and O–H groups in total. The van der Waals surface area contributed by atoms with Crippen LogP contribution in [0.4, 0.5) is 11.4 Å². The SMILES string of the molecule is CC(=O)Nc1ccc(Cl)c(N=C2NCCN2)c1. The number of hydrogen-bond donors (Lipinski definition) is 3. The van der Waals surface area contributed by atoms with Crippen LogP contribution in [0.3, 0.4) is 0 Å². The van der Waals surface area contributed by atoms with Crippen molar-refractivity contribution in [2.24, 2.45) is 4.99 Å². The summed E-state index contributed by atoms with van der Waals surface area (Å²) in [6.07, 6.45) is 0. The van der Waals surface area contributed by atoms with Crippen LogP contribution in [0, 0.1) is 0 Å². The van der Waals surface area contributed by atoms with Gasteiger partial charge in [-0.05, 0) is 18.2 Å². The Kier molecular flexibility index (Phi) is 3.49. The topological polar surface area (TPSA) is 65.5 Å². The number of hydrogen-bond acceptors (Lipinski definition) is 2. The minimum absolute atomic E-state index is 0.122. The molecule has 1 aliphatic heterocycles. The Morgan fingerprint density at radius 2 is 2.12 bits per heavy atom. The van der Waals surface area contributed by atoms with Crippen molar-refractivity contribution in [1.82, 2.24) is 10.6 Å². The summed E-state index contributed by atoms with van der Waals surface area (Å²) >= 11 is 6.04. The van der Waals surface area contributed by atoms with E-state index in [-0.39, 0.29) is 5.91 Å². The highest BCUT2D eigenvalue weighted by molar-refractivity contribution is 6.33. The van der Waals surface area contributed by atoms with Crippen molar-refractivity contribution in [3.63, 3.8) is 0 Å². The van der Waals surface area contributed by atoms with Gasteiger partial charge in [0.1, 0.15) is 0 Å². The van der Waals surface area contributed by atoms with Gasteiger partial charge in [0.2, 0.25) is 5.91 Å². The summed E-state index contributed by atoms with van der Waals surface area (Å²) in [5, 5.41) is 9.40. The summed E-state index contributed by atoms with van der Waals surface area (Å²) in [5.41, 5.74) is 1.30. The van der Waals surface area contributed by atoms with Gasteiger partial charge in [0.05, 0.1) is 10.7 Å². The molecule has 2 rings (SSSR count). The van der Waals surface area contributed by atoms with Crippen LogP contribution in [-0.4, -0.2) is 25.0 Å². The lowest BCUT2D eigenvalue weighted by molar-refractivity contribution is -0.114. The number of guanidine groups is 1. The summed E-state index contributed by atoms with van der Waals surface area (Å²) in [4.78, 5) is 15.3. The van der Waals surface area contributed by atoms with Crippen molar-refractivity contribution in [2.75, 3.05) is 18.4 Å². The first-order valence-electron chi connectivity index (χ1n) is 5.29. The van der Waals surface area contributed by atoms with Gasteiger partial charge in [-0.15, -0.1) is 0 Å². The number of amides is 1. The van der Waals surface area contributed by atoms with Crippen LogP contribution in [0.15, 0.2) is 23.2 Å². The van der Waals surface area contributed by atoms with Crippen molar-refractivity contribution in [3.05, 3.63) is 23.2 Å². The maximum Gasteiger partial charge on any atom is 0.221 e. The van der Waals surface area contributed by atoms with Crippen LogP contribution in [-0.2, 0) is 4.79 Å². The van der Waals surface area contributed by atoms with Crippen molar-refractivity contribution < 1.29 is 4.79 Å². The summed E-state index contributed by atoms with van der Waals surface area (Å²) in [6, 6.07) is 5.18. The van der Waals surface area contributed by atoms with Gasteiger partial charge in [-0.1, -0.05) is 11.6 Å². The molecular weight excluding hydrogens is 240 g/mol. The zero-order valence-electron chi connectivity index (χ0n) is 9.38. The second kappa shape index (κ2) is 5.05. The number of halogens is 1. The third kappa shape index (κ3) is 3.10. The maximum absolute atomic E-state index is 10.9. The van der Waals surface area contributed by atoms with E-state index in [9.17, 15) is 4.79 Å². The molecule has 0 aromatic heterocycles. The lowest BCUT2D eigenvalue weighted by Crippen LogP contribution is -2.23.